The largest absolute Gasteiger partial charge is 0.486 e. The van der Waals surface area contributed by atoms with E-state index in [1.54, 1.807) is 24.4 Å². The molecule has 2 aromatic carbocycles. The first kappa shape index (κ1) is 24.4. The molecule has 0 aliphatic carbocycles. The standard InChI is InChI=1S/C27H28FN3O4S/c1-17(32)31-11-10-18-6-9-21(13-23(18)26(31)19-4-7-20(28)8-5-19)35-15-25-30-24(16-36-25)27(33)29-14-22-3-2-12-34-22/h4-9,13,16,22,26H,2-3,10-12,14-15H2,1H3,(H,29,33)/t22-,26-/m0/s1. The number of hydrogen-bond acceptors (Lipinski definition) is 6. The highest BCUT2D eigenvalue weighted by Gasteiger charge is 2.31. The highest BCUT2D eigenvalue weighted by atomic mass is 32.1. The lowest BCUT2D eigenvalue weighted by molar-refractivity contribution is -0.130. The summed E-state index contributed by atoms with van der Waals surface area (Å²) >= 11 is 1.37. The molecule has 0 saturated carbocycles. The molecular weight excluding hydrogens is 481 g/mol. The fourth-order valence-electron chi connectivity index (χ4n) is 4.76. The average Bonchev–Trinajstić information content (AvgIpc) is 3.58. The van der Waals surface area contributed by atoms with E-state index in [0.717, 1.165) is 42.6 Å². The number of ether oxygens (including phenoxy) is 2. The van der Waals surface area contributed by atoms with Gasteiger partial charge in [0.1, 0.15) is 28.9 Å². The minimum absolute atomic E-state index is 0.0330. The number of carbonyl (C=O) groups excluding carboxylic acids is 2. The molecule has 0 bridgehead atoms. The van der Waals surface area contributed by atoms with Gasteiger partial charge in [0.25, 0.3) is 5.91 Å². The first-order valence-electron chi connectivity index (χ1n) is 12.1. The zero-order valence-corrected chi connectivity index (χ0v) is 20.9. The number of nitrogens with one attached hydrogen (secondary N) is 1. The number of thiazole rings is 1. The third-order valence-electron chi connectivity index (χ3n) is 6.60. The van der Waals surface area contributed by atoms with Crippen LogP contribution in [0.4, 0.5) is 4.39 Å². The summed E-state index contributed by atoms with van der Waals surface area (Å²) in [4.78, 5) is 31.0. The lowest BCUT2D eigenvalue weighted by Crippen LogP contribution is -2.39. The molecule has 0 spiro atoms. The summed E-state index contributed by atoms with van der Waals surface area (Å²) in [5.41, 5.74) is 3.32. The zero-order valence-electron chi connectivity index (χ0n) is 20.0. The van der Waals surface area contributed by atoms with E-state index in [-0.39, 0.29) is 36.4 Å². The maximum atomic E-state index is 13.6. The Labute approximate surface area is 213 Å². The van der Waals surface area contributed by atoms with E-state index in [4.69, 9.17) is 9.47 Å². The minimum atomic E-state index is -0.315. The Hall–Kier alpha value is -3.30. The number of benzene rings is 2. The summed E-state index contributed by atoms with van der Waals surface area (Å²) in [6, 6.07) is 11.8. The predicted octanol–water partition coefficient (Wildman–Crippen LogP) is 4.26. The Morgan fingerprint density at radius 3 is 2.83 bits per heavy atom. The van der Waals surface area contributed by atoms with Gasteiger partial charge in [-0.05, 0) is 60.2 Å². The molecule has 1 N–H and O–H groups in total. The number of nitrogens with zero attached hydrogens (tertiary/aromatic N) is 2. The molecule has 2 amide bonds. The van der Waals surface area contributed by atoms with Gasteiger partial charge in [0.05, 0.1) is 12.1 Å². The molecule has 2 aliphatic rings. The molecule has 1 fully saturated rings. The molecule has 2 aliphatic heterocycles. The predicted molar refractivity (Wildman–Crippen MR) is 134 cm³/mol. The van der Waals surface area contributed by atoms with Crippen LogP contribution in [0.3, 0.4) is 0 Å². The minimum Gasteiger partial charge on any atom is -0.486 e. The average molecular weight is 510 g/mol. The van der Waals surface area contributed by atoms with Gasteiger partial charge in [-0.3, -0.25) is 9.59 Å². The maximum absolute atomic E-state index is 13.6. The number of halogens is 1. The molecule has 0 unspecified atom stereocenters. The number of hydrogen-bond donors (Lipinski definition) is 1. The zero-order chi connectivity index (χ0) is 25.1. The maximum Gasteiger partial charge on any atom is 0.270 e. The van der Waals surface area contributed by atoms with Crippen LogP contribution in [-0.4, -0.2) is 47.5 Å². The van der Waals surface area contributed by atoms with Crippen molar-refractivity contribution in [2.45, 2.75) is 44.9 Å². The molecule has 36 heavy (non-hydrogen) atoms. The SMILES string of the molecule is CC(=O)N1CCc2ccc(OCc3nc(C(=O)NC[C@@H]4CCCO4)cs3)cc2[C@@H]1c1ccc(F)cc1. The van der Waals surface area contributed by atoms with Crippen molar-refractivity contribution in [3.63, 3.8) is 0 Å². The van der Waals surface area contributed by atoms with Crippen molar-refractivity contribution >= 4 is 23.2 Å². The van der Waals surface area contributed by atoms with Crippen molar-refractivity contribution in [1.29, 1.82) is 0 Å². The Kier molecular flexibility index (Phi) is 7.29. The molecule has 3 heterocycles. The van der Waals surface area contributed by atoms with Gasteiger partial charge < -0.3 is 19.7 Å². The number of carbonyl (C=O) groups is 2. The molecule has 1 saturated heterocycles. The van der Waals surface area contributed by atoms with Crippen molar-refractivity contribution in [2.75, 3.05) is 19.7 Å². The Balaban J connectivity index is 1.28. The third kappa shape index (κ3) is 5.42. The van der Waals surface area contributed by atoms with Gasteiger partial charge in [0.15, 0.2) is 0 Å². The van der Waals surface area contributed by atoms with Crippen LogP contribution in [0.15, 0.2) is 47.8 Å². The number of amides is 2. The second-order valence-corrected chi connectivity index (χ2v) is 9.98. The van der Waals surface area contributed by atoms with Gasteiger partial charge in [-0.15, -0.1) is 11.3 Å². The smallest absolute Gasteiger partial charge is 0.270 e. The fraction of sp³-hybridized carbons (Fsp3) is 0.370. The van der Waals surface area contributed by atoms with Crippen molar-refractivity contribution < 1.29 is 23.5 Å². The molecular formula is C27H28FN3O4S. The second kappa shape index (κ2) is 10.8. The molecule has 2 atom stereocenters. The van der Waals surface area contributed by atoms with Crippen LogP contribution in [0, 0.1) is 5.82 Å². The van der Waals surface area contributed by atoms with E-state index in [1.165, 1.54) is 23.5 Å². The summed E-state index contributed by atoms with van der Waals surface area (Å²) in [5, 5.41) is 5.30. The molecule has 7 nitrogen and oxygen atoms in total. The molecule has 0 radical (unpaired) electrons. The Bertz CT molecular complexity index is 1240. The van der Waals surface area contributed by atoms with Crippen LogP contribution in [0.1, 0.15) is 58.0 Å². The van der Waals surface area contributed by atoms with Crippen LogP contribution < -0.4 is 10.1 Å². The number of rotatable bonds is 7. The van der Waals surface area contributed by atoms with Gasteiger partial charge in [-0.2, -0.15) is 0 Å². The topological polar surface area (TPSA) is 80.8 Å². The quantitative estimate of drug-likeness (QED) is 0.515. The van der Waals surface area contributed by atoms with Gasteiger partial charge in [0, 0.05) is 32.0 Å². The summed E-state index contributed by atoms with van der Waals surface area (Å²) < 4.78 is 25.1. The normalized spacial score (nSPS) is 19.1. The van der Waals surface area contributed by atoms with Crippen LogP contribution in [0.25, 0.3) is 0 Å². The second-order valence-electron chi connectivity index (χ2n) is 9.04. The molecule has 3 aromatic rings. The highest BCUT2D eigenvalue weighted by Crippen LogP contribution is 2.37. The van der Waals surface area contributed by atoms with Crippen molar-refractivity contribution in [3.05, 3.63) is 81.1 Å². The van der Waals surface area contributed by atoms with Crippen LogP contribution in [0.5, 0.6) is 5.75 Å². The Morgan fingerprint density at radius 2 is 2.08 bits per heavy atom. The molecule has 5 rings (SSSR count). The third-order valence-corrected chi connectivity index (χ3v) is 7.42. The lowest BCUT2D eigenvalue weighted by Gasteiger charge is -2.37. The van der Waals surface area contributed by atoms with E-state index in [1.807, 2.05) is 23.1 Å². The molecule has 188 valence electrons. The summed E-state index contributed by atoms with van der Waals surface area (Å²) in [6.07, 6.45) is 2.81. The van der Waals surface area contributed by atoms with Crippen molar-refractivity contribution in [3.8, 4) is 5.75 Å². The van der Waals surface area contributed by atoms with E-state index >= 15 is 0 Å². The van der Waals surface area contributed by atoms with E-state index < -0.39 is 0 Å². The van der Waals surface area contributed by atoms with Gasteiger partial charge in [0.2, 0.25) is 5.91 Å². The summed E-state index contributed by atoms with van der Waals surface area (Å²) in [5.74, 6) is 0.0816. The summed E-state index contributed by atoms with van der Waals surface area (Å²) in [6.45, 7) is 3.61. The van der Waals surface area contributed by atoms with E-state index in [2.05, 4.69) is 10.3 Å². The number of fused-ring (bicyclic) bond motifs is 1. The van der Waals surface area contributed by atoms with Crippen LogP contribution >= 0.6 is 11.3 Å². The first-order valence-corrected chi connectivity index (χ1v) is 13.0. The van der Waals surface area contributed by atoms with E-state index in [9.17, 15) is 14.0 Å². The van der Waals surface area contributed by atoms with Crippen molar-refractivity contribution in [1.82, 2.24) is 15.2 Å². The van der Waals surface area contributed by atoms with Crippen molar-refractivity contribution in [2.24, 2.45) is 0 Å². The van der Waals surface area contributed by atoms with Crippen LogP contribution in [0.2, 0.25) is 0 Å². The van der Waals surface area contributed by atoms with Gasteiger partial charge >= 0.3 is 0 Å². The summed E-state index contributed by atoms with van der Waals surface area (Å²) in [7, 11) is 0. The fourth-order valence-corrected chi connectivity index (χ4v) is 5.44. The number of aromatic nitrogens is 1. The highest BCUT2D eigenvalue weighted by molar-refractivity contribution is 7.09. The Morgan fingerprint density at radius 1 is 1.25 bits per heavy atom. The van der Waals surface area contributed by atoms with Gasteiger partial charge in [-0.25, -0.2) is 9.37 Å². The molecule has 1 aromatic heterocycles. The molecule has 9 heteroatoms. The van der Waals surface area contributed by atoms with Gasteiger partial charge in [-0.1, -0.05) is 18.2 Å². The monoisotopic (exact) mass is 509 g/mol. The first-order chi connectivity index (χ1) is 17.5. The van der Waals surface area contributed by atoms with E-state index in [0.29, 0.717) is 29.5 Å². The van der Waals surface area contributed by atoms with Crippen LogP contribution in [-0.2, 0) is 22.6 Å². The lowest BCUT2D eigenvalue weighted by atomic mass is 9.88.